The van der Waals surface area contributed by atoms with Gasteiger partial charge in [-0.2, -0.15) is 13.2 Å². The minimum Gasteiger partial charge on any atom is -0.493 e. The fourth-order valence-electron chi connectivity index (χ4n) is 5.81. The van der Waals surface area contributed by atoms with Crippen molar-refractivity contribution in [1.29, 1.82) is 0 Å². The third-order valence-electron chi connectivity index (χ3n) is 8.13. The zero-order valence-corrected chi connectivity index (χ0v) is 28.5. The maximum atomic E-state index is 14.6. The number of nitrogens with zero attached hydrogens (tertiary/aromatic N) is 4. The number of benzene rings is 3. The van der Waals surface area contributed by atoms with Crippen LogP contribution in [0.5, 0.6) is 5.75 Å². The minimum atomic E-state index is -4.30. The van der Waals surface area contributed by atoms with Crippen LogP contribution in [0.4, 0.5) is 18.0 Å². The van der Waals surface area contributed by atoms with Crippen LogP contribution < -0.4 is 4.74 Å². The van der Waals surface area contributed by atoms with E-state index >= 15 is 0 Å². The molecule has 2 aliphatic rings. The first-order chi connectivity index (χ1) is 21.2. The molecule has 1 fully saturated rings. The van der Waals surface area contributed by atoms with Crippen LogP contribution in [0.25, 0.3) is 0 Å². The Kier molecular flexibility index (Phi) is 11.2. The van der Waals surface area contributed by atoms with Crippen LogP contribution >= 0.6 is 35.6 Å². The van der Waals surface area contributed by atoms with E-state index < -0.39 is 24.8 Å². The van der Waals surface area contributed by atoms with Crippen molar-refractivity contribution in [2.45, 2.75) is 51.4 Å². The lowest BCUT2D eigenvalue weighted by Crippen LogP contribution is -2.55. The third-order valence-corrected chi connectivity index (χ3v) is 8.63. The van der Waals surface area contributed by atoms with Crippen molar-refractivity contribution >= 4 is 47.5 Å². The molecule has 2 amide bonds. The maximum Gasteiger partial charge on any atom is 0.401 e. The number of halogens is 6. The second kappa shape index (κ2) is 14.4. The molecule has 5 rings (SSSR count). The summed E-state index contributed by atoms with van der Waals surface area (Å²) in [5.74, 6) is 1.03. The van der Waals surface area contributed by atoms with E-state index in [0.29, 0.717) is 33.8 Å². The van der Waals surface area contributed by atoms with Crippen molar-refractivity contribution in [3.8, 4) is 5.75 Å². The summed E-state index contributed by atoms with van der Waals surface area (Å²) >= 11 is 12.5. The summed E-state index contributed by atoms with van der Waals surface area (Å²) in [4.78, 5) is 24.4. The van der Waals surface area contributed by atoms with Gasteiger partial charge in [0, 0.05) is 36.2 Å². The smallest absolute Gasteiger partial charge is 0.401 e. The van der Waals surface area contributed by atoms with Gasteiger partial charge in [0.15, 0.2) is 0 Å². The van der Waals surface area contributed by atoms with E-state index in [1.807, 2.05) is 49.4 Å². The number of ether oxygens (including phenoxy) is 1. The lowest BCUT2D eigenvalue weighted by Gasteiger charge is -2.39. The fraction of sp³-hybridized carbons (Fsp3) is 0.412. The van der Waals surface area contributed by atoms with Gasteiger partial charge in [0.2, 0.25) is 0 Å². The number of hydrogen-bond acceptors (Lipinski definition) is 4. The van der Waals surface area contributed by atoms with E-state index in [-0.39, 0.29) is 50.0 Å². The molecule has 0 radical (unpaired) electrons. The Hall–Kier alpha value is -2.98. The lowest BCUT2D eigenvalue weighted by atomic mass is 9.86. The maximum absolute atomic E-state index is 14.6. The van der Waals surface area contributed by atoms with E-state index in [0.717, 1.165) is 16.7 Å². The van der Waals surface area contributed by atoms with Crippen LogP contribution in [0.2, 0.25) is 10.0 Å². The first-order valence-corrected chi connectivity index (χ1v) is 15.7. The van der Waals surface area contributed by atoms with Gasteiger partial charge in [-0.3, -0.25) is 14.8 Å². The Morgan fingerprint density at radius 1 is 0.891 bits per heavy atom. The number of rotatable bonds is 6. The SMILES string of the molecule is CCOc1cc(C(C)(C)C)ccc1C1=N[C@@H](c2ccc(Cl)cc2)[C@@H](c2ccc(Cl)cc2)N1C(=O)N1CCN(CC(F)(F)F)CC1.Cl. The van der Waals surface area contributed by atoms with Gasteiger partial charge >= 0.3 is 12.2 Å². The molecule has 2 aliphatic heterocycles. The highest BCUT2D eigenvalue weighted by Gasteiger charge is 2.45. The van der Waals surface area contributed by atoms with Crippen molar-refractivity contribution < 1.29 is 22.7 Å². The van der Waals surface area contributed by atoms with Crippen LogP contribution in [0.1, 0.15) is 62.0 Å². The highest BCUT2D eigenvalue weighted by atomic mass is 35.5. The van der Waals surface area contributed by atoms with Crippen LogP contribution in [-0.2, 0) is 5.41 Å². The Morgan fingerprint density at radius 3 is 1.98 bits per heavy atom. The summed E-state index contributed by atoms with van der Waals surface area (Å²) in [6.45, 7) is 8.19. The Bertz CT molecular complexity index is 1540. The normalized spacial score (nSPS) is 19.1. The predicted molar refractivity (Wildman–Crippen MR) is 180 cm³/mol. The summed E-state index contributed by atoms with van der Waals surface area (Å²) in [5, 5.41) is 1.13. The summed E-state index contributed by atoms with van der Waals surface area (Å²) < 4.78 is 45.5. The van der Waals surface area contributed by atoms with Crippen LogP contribution in [0.3, 0.4) is 0 Å². The second-order valence-corrected chi connectivity index (χ2v) is 13.2. The molecule has 6 nitrogen and oxygen atoms in total. The largest absolute Gasteiger partial charge is 0.493 e. The zero-order chi connectivity index (χ0) is 32.5. The number of carbonyl (C=O) groups excluding carboxylic acids is 1. The average Bonchev–Trinajstić information content (AvgIpc) is 3.37. The minimum absolute atomic E-state index is 0. The van der Waals surface area contributed by atoms with Crippen molar-refractivity contribution in [3.05, 3.63) is 99.0 Å². The molecule has 1 saturated heterocycles. The molecule has 0 aliphatic carbocycles. The van der Waals surface area contributed by atoms with E-state index in [4.69, 9.17) is 32.9 Å². The number of amides is 2. The van der Waals surface area contributed by atoms with E-state index in [1.165, 1.54) is 4.90 Å². The van der Waals surface area contributed by atoms with Gasteiger partial charge in [-0.25, -0.2) is 4.79 Å². The molecule has 2 heterocycles. The van der Waals surface area contributed by atoms with Gasteiger partial charge in [0.05, 0.1) is 24.8 Å². The van der Waals surface area contributed by atoms with Gasteiger partial charge in [0.25, 0.3) is 0 Å². The highest BCUT2D eigenvalue weighted by Crippen LogP contribution is 2.46. The fourth-order valence-corrected chi connectivity index (χ4v) is 6.06. The van der Waals surface area contributed by atoms with Gasteiger partial charge < -0.3 is 9.64 Å². The molecule has 0 spiro atoms. The Morgan fingerprint density at radius 2 is 1.46 bits per heavy atom. The topological polar surface area (TPSA) is 48.4 Å². The standard InChI is InChI=1S/C34H37Cl2F3N4O2.ClH/c1-5-45-28-20-24(33(2,3)4)10-15-27(28)31-40-29(22-6-11-25(35)12-7-22)30(23-8-13-26(36)14-9-23)43(31)32(44)42-18-16-41(17-19-42)21-34(37,38)39;/h6-15,20,29-30H,5,16-19,21H2,1-4H3;1H/t29-,30+;/m0./s1. The number of carbonyl (C=O) groups is 1. The number of aliphatic imine (C=N–C) groups is 1. The van der Waals surface area contributed by atoms with Crippen molar-refractivity contribution in [2.75, 3.05) is 39.3 Å². The third kappa shape index (κ3) is 8.11. The number of amidine groups is 1. The molecule has 2 atom stereocenters. The molecule has 3 aromatic carbocycles. The predicted octanol–water partition coefficient (Wildman–Crippen LogP) is 8.96. The first-order valence-electron chi connectivity index (χ1n) is 15.0. The van der Waals surface area contributed by atoms with Crippen molar-refractivity contribution in [2.24, 2.45) is 4.99 Å². The molecule has 46 heavy (non-hydrogen) atoms. The number of alkyl halides is 3. The molecule has 0 saturated carbocycles. The monoisotopic (exact) mass is 696 g/mol. The van der Waals surface area contributed by atoms with E-state index in [9.17, 15) is 18.0 Å². The zero-order valence-electron chi connectivity index (χ0n) is 26.2. The molecule has 0 bridgehead atoms. The summed E-state index contributed by atoms with van der Waals surface area (Å²) in [7, 11) is 0. The number of hydrogen-bond donors (Lipinski definition) is 0. The summed E-state index contributed by atoms with van der Waals surface area (Å²) in [6.07, 6.45) is -4.30. The average molecular weight is 698 g/mol. The highest BCUT2D eigenvalue weighted by molar-refractivity contribution is 6.30. The first kappa shape index (κ1) is 35.9. The molecule has 12 heteroatoms. The quantitative estimate of drug-likeness (QED) is 0.259. The summed E-state index contributed by atoms with van der Waals surface area (Å²) in [5.41, 5.74) is 3.24. The molecule has 0 unspecified atom stereocenters. The van der Waals surface area contributed by atoms with Gasteiger partial charge in [-0.1, -0.05) is 74.3 Å². The van der Waals surface area contributed by atoms with Gasteiger partial charge in [0.1, 0.15) is 17.6 Å². The van der Waals surface area contributed by atoms with Gasteiger partial charge in [-0.05, 0) is 65.4 Å². The number of urea groups is 1. The molecule has 3 aromatic rings. The molecular formula is C34H38Cl3F3N4O2. The molecule has 248 valence electrons. The molecular weight excluding hydrogens is 660 g/mol. The van der Waals surface area contributed by atoms with Crippen LogP contribution in [0, 0.1) is 0 Å². The summed E-state index contributed by atoms with van der Waals surface area (Å²) in [6, 6.07) is 19.2. The van der Waals surface area contributed by atoms with Gasteiger partial charge in [-0.15, -0.1) is 12.4 Å². The lowest BCUT2D eigenvalue weighted by molar-refractivity contribution is -0.148. The molecule has 0 N–H and O–H groups in total. The van der Waals surface area contributed by atoms with E-state index in [1.54, 1.807) is 34.1 Å². The van der Waals surface area contributed by atoms with Crippen LogP contribution in [-0.4, -0.2) is 72.1 Å². The molecule has 0 aromatic heterocycles. The van der Waals surface area contributed by atoms with Crippen LogP contribution in [0.15, 0.2) is 71.7 Å². The number of piperazine rings is 1. The second-order valence-electron chi connectivity index (χ2n) is 12.4. The Balaban J connectivity index is 0.00000480. The Labute approximate surface area is 284 Å². The van der Waals surface area contributed by atoms with E-state index in [2.05, 4.69) is 20.8 Å². The van der Waals surface area contributed by atoms with Crippen molar-refractivity contribution in [3.63, 3.8) is 0 Å². The van der Waals surface area contributed by atoms with Crippen molar-refractivity contribution in [1.82, 2.24) is 14.7 Å².